The van der Waals surface area contributed by atoms with E-state index >= 15 is 0 Å². The van der Waals surface area contributed by atoms with E-state index in [1.54, 1.807) is 18.2 Å². The number of nitrogens with zero attached hydrogens (tertiary/aromatic N) is 1. The monoisotopic (exact) mass is 193 g/mol. The van der Waals surface area contributed by atoms with E-state index < -0.39 is 6.03 Å². The summed E-state index contributed by atoms with van der Waals surface area (Å²) in [5.74, 6) is 0. The van der Waals surface area contributed by atoms with Crippen molar-refractivity contribution >= 4 is 17.4 Å². The smallest absolute Gasteiger partial charge is 0.319 e. The molecule has 4 nitrogen and oxygen atoms in total. The first kappa shape index (κ1) is 10.4. The number of primary amides is 1. The molecule has 0 aliphatic rings. The van der Waals surface area contributed by atoms with Crippen LogP contribution in [-0.4, -0.2) is 12.6 Å². The summed E-state index contributed by atoms with van der Waals surface area (Å²) in [6.07, 6.45) is 0.859. The highest BCUT2D eigenvalue weighted by molar-refractivity contribution is 5.91. The Morgan fingerprint density at radius 3 is 2.71 bits per heavy atom. The average molecular weight is 193 g/mol. The quantitative estimate of drug-likeness (QED) is 0.715. The van der Waals surface area contributed by atoms with Gasteiger partial charge >= 0.3 is 6.03 Å². The minimum absolute atomic E-state index is 0.447. The van der Waals surface area contributed by atoms with Gasteiger partial charge in [-0.05, 0) is 24.6 Å². The lowest BCUT2D eigenvalue weighted by molar-refractivity contribution is 0.254. The predicted molar refractivity (Wildman–Crippen MR) is 58.1 cm³/mol. The summed E-state index contributed by atoms with van der Waals surface area (Å²) in [6, 6.07) is 6.68. The first-order valence-corrected chi connectivity index (χ1v) is 4.57. The molecule has 0 aliphatic carbocycles. The van der Waals surface area contributed by atoms with E-state index in [1.165, 1.54) is 4.90 Å². The average Bonchev–Trinajstić information content (AvgIpc) is 2.13. The minimum Gasteiger partial charge on any atom is -0.399 e. The summed E-state index contributed by atoms with van der Waals surface area (Å²) < 4.78 is 0. The number of rotatable bonds is 3. The number of benzene rings is 1. The fraction of sp³-hybridized carbons (Fsp3) is 0.300. The van der Waals surface area contributed by atoms with Crippen molar-refractivity contribution in [1.82, 2.24) is 0 Å². The summed E-state index contributed by atoms with van der Waals surface area (Å²) in [7, 11) is 0. The Hall–Kier alpha value is -1.71. The molecule has 14 heavy (non-hydrogen) atoms. The van der Waals surface area contributed by atoms with E-state index in [0.717, 1.165) is 12.1 Å². The zero-order chi connectivity index (χ0) is 10.6. The molecule has 0 heterocycles. The van der Waals surface area contributed by atoms with E-state index in [0.29, 0.717) is 12.2 Å². The van der Waals surface area contributed by atoms with Crippen LogP contribution in [0.4, 0.5) is 16.2 Å². The van der Waals surface area contributed by atoms with Gasteiger partial charge in [-0.15, -0.1) is 0 Å². The van der Waals surface area contributed by atoms with Crippen molar-refractivity contribution in [1.29, 1.82) is 0 Å². The largest absolute Gasteiger partial charge is 0.399 e. The van der Waals surface area contributed by atoms with Crippen LogP contribution >= 0.6 is 0 Å². The van der Waals surface area contributed by atoms with Gasteiger partial charge in [0, 0.05) is 17.9 Å². The molecule has 0 fully saturated rings. The third-order valence-electron chi connectivity index (χ3n) is 1.90. The Bertz CT molecular complexity index is 325. The number of urea groups is 1. The van der Waals surface area contributed by atoms with Gasteiger partial charge in [0.05, 0.1) is 0 Å². The fourth-order valence-electron chi connectivity index (χ4n) is 1.28. The molecule has 1 aromatic carbocycles. The van der Waals surface area contributed by atoms with Gasteiger partial charge in [0.15, 0.2) is 0 Å². The second-order valence-electron chi connectivity index (χ2n) is 3.08. The molecule has 2 amide bonds. The minimum atomic E-state index is -0.447. The van der Waals surface area contributed by atoms with Gasteiger partial charge < -0.3 is 11.5 Å². The predicted octanol–water partition coefficient (Wildman–Crippen LogP) is 1.56. The normalized spacial score (nSPS) is 9.79. The van der Waals surface area contributed by atoms with Crippen LogP contribution in [0.5, 0.6) is 0 Å². The zero-order valence-corrected chi connectivity index (χ0v) is 8.23. The third kappa shape index (κ3) is 2.39. The number of anilines is 2. The van der Waals surface area contributed by atoms with E-state index in [4.69, 9.17) is 11.5 Å². The van der Waals surface area contributed by atoms with Crippen molar-refractivity contribution in [3.05, 3.63) is 24.3 Å². The van der Waals surface area contributed by atoms with Gasteiger partial charge in [0.25, 0.3) is 0 Å². The highest BCUT2D eigenvalue weighted by Crippen LogP contribution is 2.17. The molecule has 0 spiro atoms. The van der Waals surface area contributed by atoms with Crippen LogP contribution in [0.25, 0.3) is 0 Å². The van der Waals surface area contributed by atoms with Crippen molar-refractivity contribution in [3.8, 4) is 0 Å². The molecular formula is C10H15N3O. The van der Waals surface area contributed by atoms with Crippen LogP contribution in [0.3, 0.4) is 0 Å². The summed E-state index contributed by atoms with van der Waals surface area (Å²) in [5.41, 5.74) is 12.2. The van der Waals surface area contributed by atoms with Gasteiger partial charge in [-0.1, -0.05) is 13.0 Å². The van der Waals surface area contributed by atoms with E-state index in [2.05, 4.69) is 0 Å². The second kappa shape index (κ2) is 4.50. The van der Waals surface area contributed by atoms with Crippen LogP contribution in [0, 0.1) is 0 Å². The maximum absolute atomic E-state index is 11.1. The Balaban J connectivity index is 2.93. The van der Waals surface area contributed by atoms with Crippen LogP contribution in [0.15, 0.2) is 24.3 Å². The highest BCUT2D eigenvalue weighted by atomic mass is 16.2. The lowest BCUT2D eigenvalue weighted by Crippen LogP contribution is -2.36. The van der Waals surface area contributed by atoms with Crippen molar-refractivity contribution in [3.63, 3.8) is 0 Å². The standard InChI is InChI=1S/C10H15N3O/c1-2-6-13(10(12)14)9-5-3-4-8(11)7-9/h3-5,7H,2,6,11H2,1H3,(H2,12,14). The molecule has 0 aliphatic heterocycles. The van der Waals surface area contributed by atoms with Gasteiger partial charge in [0.2, 0.25) is 0 Å². The van der Waals surface area contributed by atoms with E-state index in [1.807, 2.05) is 13.0 Å². The van der Waals surface area contributed by atoms with Crippen molar-refractivity contribution in [2.24, 2.45) is 5.73 Å². The van der Waals surface area contributed by atoms with Crippen molar-refractivity contribution < 1.29 is 4.79 Å². The maximum atomic E-state index is 11.1. The Morgan fingerprint density at radius 1 is 1.50 bits per heavy atom. The Morgan fingerprint density at radius 2 is 2.21 bits per heavy atom. The van der Waals surface area contributed by atoms with Crippen LogP contribution in [0.2, 0.25) is 0 Å². The molecule has 4 heteroatoms. The molecule has 0 atom stereocenters. The first-order valence-electron chi connectivity index (χ1n) is 4.57. The molecule has 0 radical (unpaired) electrons. The van der Waals surface area contributed by atoms with Crippen LogP contribution < -0.4 is 16.4 Å². The molecule has 0 saturated heterocycles. The molecular weight excluding hydrogens is 178 g/mol. The first-order chi connectivity index (χ1) is 6.65. The number of nitrogens with two attached hydrogens (primary N) is 2. The van der Waals surface area contributed by atoms with E-state index in [-0.39, 0.29) is 0 Å². The molecule has 0 unspecified atom stereocenters. The summed E-state index contributed by atoms with van der Waals surface area (Å²) in [4.78, 5) is 12.6. The summed E-state index contributed by atoms with van der Waals surface area (Å²) in [6.45, 7) is 2.60. The molecule has 1 rings (SSSR count). The second-order valence-corrected chi connectivity index (χ2v) is 3.08. The zero-order valence-electron chi connectivity index (χ0n) is 8.23. The van der Waals surface area contributed by atoms with Crippen molar-refractivity contribution in [2.75, 3.05) is 17.2 Å². The lowest BCUT2D eigenvalue weighted by Gasteiger charge is -2.19. The number of amides is 2. The highest BCUT2D eigenvalue weighted by Gasteiger charge is 2.10. The third-order valence-corrected chi connectivity index (χ3v) is 1.90. The van der Waals surface area contributed by atoms with Crippen LogP contribution in [-0.2, 0) is 0 Å². The van der Waals surface area contributed by atoms with Crippen molar-refractivity contribution in [2.45, 2.75) is 13.3 Å². The SMILES string of the molecule is CCCN(C(N)=O)c1cccc(N)c1. The maximum Gasteiger partial charge on any atom is 0.319 e. The van der Waals surface area contributed by atoms with Crippen LogP contribution in [0.1, 0.15) is 13.3 Å². The topological polar surface area (TPSA) is 72.3 Å². The van der Waals surface area contributed by atoms with E-state index in [9.17, 15) is 4.79 Å². The molecule has 1 aromatic rings. The summed E-state index contributed by atoms with van der Waals surface area (Å²) >= 11 is 0. The van der Waals surface area contributed by atoms with Gasteiger partial charge in [-0.2, -0.15) is 0 Å². The van der Waals surface area contributed by atoms with Gasteiger partial charge in [-0.25, -0.2) is 4.79 Å². The summed E-state index contributed by atoms with van der Waals surface area (Å²) in [5, 5.41) is 0. The van der Waals surface area contributed by atoms with Gasteiger partial charge in [0.1, 0.15) is 0 Å². The van der Waals surface area contributed by atoms with Gasteiger partial charge in [-0.3, -0.25) is 4.90 Å². The molecule has 4 N–H and O–H groups in total. The number of hydrogen-bond acceptors (Lipinski definition) is 2. The number of nitrogen functional groups attached to an aromatic ring is 1. The number of hydrogen-bond donors (Lipinski definition) is 2. The number of carbonyl (C=O) groups is 1. The molecule has 0 bridgehead atoms. The molecule has 0 aromatic heterocycles. The fourth-order valence-corrected chi connectivity index (χ4v) is 1.28. The Labute approximate surface area is 83.5 Å². The Kier molecular flexibility index (Phi) is 3.34. The molecule has 76 valence electrons. The number of carbonyl (C=O) groups excluding carboxylic acids is 1. The molecule has 0 saturated carbocycles. The lowest BCUT2D eigenvalue weighted by atomic mass is 10.2.